The fraction of sp³-hybridized carbons (Fsp3) is 0.667. The van der Waals surface area contributed by atoms with Gasteiger partial charge in [0, 0.05) is 0 Å². The summed E-state index contributed by atoms with van der Waals surface area (Å²) in [6.45, 7) is -0.582. The van der Waals surface area contributed by atoms with Gasteiger partial charge in [-0.15, -0.1) is 0 Å². The lowest BCUT2D eigenvalue weighted by atomic mass is 10.5. The van der Waals surface area contributed by atoms with E-state index in [2.05, 4.69) is 9.05 Å². The lowest BCUT2D eigenvalue weighted by Gasteiger charge is -1.91. The molecule has 0 amide bonds. The molecule has 0 aliphatic rings. The molecule has 0 saturated heterocycles. The van der Waals surface area contributed by atoms with Crippen LogP contribution in [0.4, 0.5) is 0 Å². The molecule has 0 aliphatic heterocycles. The highest BCUT2D eigenvalue weighted by Crippen LogP contribution is 1.96. The average Bonchev–Trinajstić information content (AvgIpc) is 1.97. The smallest absolute Gasteiger partial charge is 0.294 e. The second-order valence-electron chi connectivity index (χ2n) is 1.23. The summed E-state index contributed by atoms with van der Waals surface area (Å²) in [6, 6.07) is 0. The maximum Gasteiger partial charge on any atom is 0.327 e. The first-order valence-corrected chi connectivity index (χ1v) is 3.68. The zero-order valence-electron chi connectivity index (χ0n) is 4.85. The fourth-order valence-electron chi connectivity index (χ4n) is 0.238. The molecule has 0 saturated carbocycles. The molecule has 0 fully saturated rings. The average molecular weight is 182 g/mol. The summed E-state index contributed by atoms with van der Waals surface area (Å²) in [7, 11) is -1.09. The Morgan fingerprint density at radius 1 is 1.10 bits per heavy atom. The Morgan fingerprint density at radius 2 is 1.50 bits per heavy atom. The predicted octanol–water partition coefficient (Wildman–Crippen LogP) is 1.00. The monoisotopic (exact) mass is 182 g/mol. The van der Waals surface area contributed by atoms with Gasteiger partial charge in [0.1, 0.15) is 13.2 Å². The van der Waals surface area contributed by atoms with Crippen molar-refractivity contribution >= 4 is 23.2 Å². The molecular formula is C3H4O5P2. The number of rotatable bonds is 6. The summed E-state index contributed by atoms with van der Waals surface area (Å²) in [5, 5.41) is 0. The topological polar surface area (TPSA) is 69.7 Å². The predicted molar refractivity (Wildman–Crippen MR) is 32.1 cm³/mol. The minimum Gasteiger partial charge on any atom is -0.294 e. The van der Waals surface area contributed by atoms with Crippen LogP contribution >= 0.6 is 17.4 Å². The maximum atomic E-state index is 10.4. The molecule has 0 N–H and O–H groups in total. The van der Waals surface area contributed by atoms with Gasteiger partial charge in [0.15, 0.2) is 5.78 Å². The van der Waals surface area contributed by atoms with E-state index in [0.717, 1.165) is 0 Å². The van der Waals surface area contributed by atoms with Crippen molar-refractivity contribution in [3.63, 3.8) is 0 Å². The lowest BCUT2D eigenvalue weighted by molar-refractivity contribution is -0.122. The molecule has 0 atom stereocenters. The summed E-state index contributed by atoms with van der Waals surface area (Å²) >= 11 is 0. The van der Waals surface area contributed by atoms with Crippen molar-refractivity contribution < 1.29 is 23.0 Å². The van der Waals surface area contributed by atoms with E-state index in [4.69, 9.17) is 0 Å². The summed E-state index contributed by atoms with van der Waals surface area (Å²) in [6.07, 6.45) is 0. The quantitative estimate of drug-likeness (QED) is 0.573. The first kappa shape index (κ1) is 9.79. The second kappa shape index (κ2) is 6.90. The molecule has 5 nitrogen and oxygen atoms in total. The van der Waals surface area contributed by atoms with Gasteiger partial charge < -0.3 is 0 Å². The first-order valence-electron chi connectivity index (χ1n) is 2.22. The van der Waals surface area contributed by atoms with Crippen molar-refractivity contribution in [3.8, 4) is 0 Å². The third-order valence-corrected chi connectivity index (χ3v) is 1.03. The molecule has 0 unspecified atom stereocenters. The van der Waals surface area contributed by atoms with Crippen LogP contribution in [0.25, 0.3) is 0 Å². The van der Waals surface area contributed by atoms with E-state index in [9.17, 15) is 13.9 Å². The zero-order valence-corrected chi connectivity index (χ0v) is 6.64. The Balaban J connectivity index is 3.24. The van der Waals surface area contributed by atoms with Crippen LogP contribution in [0.1, 0.15) is 0 Å². The molecule has 0 radical (unpaired) electrons. The molecule has 10 heavy (non-hydrogen) atoms. The molecule has 0 heterocycles. The van der Waals surface area contributed by atoms with Gasteiger partial charge in [-0.1, -0.05) is 0 Å². The van der Waals surface area contributed by atoms with Crippen molar-refractivity contribution in [3.05, 3.63) is 0 Å². The van der Waals surface area contributed by atoms with E-state index in [1.807, 2.05) is 0 Å². The molecule has 56 valence electrons. The van der Waals surface area contributed by atoms with Gasteiger partial charge in [-0.3, -0.25) is 13.8 Å². The van der Waals surface area contributed by atoms with Crippen LogP contribution in [0.5, 0.6) is 0 Å². The van der Waals surface area contributed by atoms with E-state index in [0.29, 0.717) is 0 Å². The van der Waals surface area contributed by atoms with Crippen LogP contribution in [0.15, 0.2) is 0 Å². The SMILES string of the molecule is O=POCC(=O)COP=O. The number of carbonyl (C=O) groups excluding carboxylic acids is 1. The van der Waals surface area contributed by atoms with Gasteiger partial charge in [0.05, 0.1) is 0 Å². The highest BCUT2D eigenvalue weighted by molar-refractivity contribution is 7.17. The highest BCUT2D eigenvalue weighted by atomic mass is 31.1. The molecule has 0 rings (SSSR count). The van der Waals surface area contributed by atoms with E-state index in [-0.39, 0.29) is 13.2 Å². The molecule has 0 bridgehead atoms. The van der Waals surface area contributed by atoms with Gasteiger partial charge in [-0.05, 0) is 0 Å². The van der Waals surface area contributed by atoms with Crippen molar-refractivity contribution in [1.29, 1.82) is 0 Å². The van der Waals surface area contributed by atoms with Gasteiger partial charge in [-0.25, -0.2) is 9.13 Å². The Hall–Kier alpha value is -0.210. The van der Waals surface area contributed by atoms with Crippen LogP contribution in [0, 0.1) is 0 Å². The van der Waals surface area contributed by atoms with Crippen molar-refractivity contribution in [2.75, 3.05) is 13.2 Å². The number of ketones is 1. The summed E-state index contributed by atoms with van der Waals surface area (Å²) in [5.41, 5.74) is 0. The van der Waals surface area contributed by atoms with Crippen LogP contribution in [-0.2, 0) is 23.0 Å². The minimum atomic E-state index is -0.547. The number of Topliss-reactive ketones (excluding diaryl/α,β-unsaturated/α-hetero) is 1. The molecule has 7 heteroatoms. The van der Waals surface area contributed by atoms with Crippen molar-refractivity contribution in [2.45, 2.75) is 0 Å². The number of carbonyl (C=O) groups is 1. The van der Waals surface area contributed by atoms with E-state index >= 15 is 0 Å². The number of hydrogen-bond acceptors (Lipinski definition) is 5. The van der Waals surface area contributed by atoms with Gasteiger partial charge in [-0.2, -0.15) is 0 Å². The van der Waals surface area contributed by atoms with Crippen molar-refractivity contribution in [1.82, 2.24) is 0 Å². The van der Waals surface area contributed by atoms with Gasteiger partial charge >= 0.3 is 17.4 Å². The molecular weight excluding hydrogens is 178 g/mol. The Kier molecular flexibility index (Phi) is 6.76. The van der Waals surface area contributed by atoms with Crippen LogP contribution in [0.3, 0.4) is 0 Å². The summed E-state index contributed by atoms with van der Waals surface area (Å²) < 4.78 is 27.6. The molecule has 0 aromatic carbocycles. The first-order chi connectivity index (χ1) is 4.81. The Morgan fingerprint density at radius 3 is 1.80 bits per heavy atom. The van der Waals surface area contributed by atoms with Crippen LogP contribution in [-0.4, -0.2) is 19.0 Å². The van der Waals surface area contributed by atoms with Crippen LogP contribution < -0.4 is 0 Å². The normalized spacial score (nSPS) is 10.4. The van der Waals surface area contributed by atoms with E-state index in [1.165, 1.54) is 0 Å². The second-order valence-corrected chi connectivity index (χ2v) is 2.05. The summed E-state index contributed by atoms with van der Waals surface area (Å²) in [5.74, 6) is -0.410. The Bertz CT molecular complexity index is 121. The maximum absolute atomic E-state index is 10.4. The Labute approximate surface area is 60.3 Å². The molecule has 0 aromatic heterocycles. The van der Waals surface area contributed by atoms with E-state index < -0.39 is 23.2 Å². The lowest BCUT2D eigenvalue weighted by Crippen LogP contribution is -2.09. The molecule has 0 spiro atoms. The standard InChI is InChI=1S/C3H4O5P2/c4-3(1-7-9-5)2-8-10-6/h1-2H2. The largest absolute Gasteiger partial charge is 0.327 e. The highest BCUT2D eigenvalue weighted by Gasteiger charge is 2.00. The number of hydrogen-bond donors (Lipinski definition) is 0. The van der Waals surface area contributed by atoms with Crippen LogP contribution in [0.2, 0.25) is 0 Å². The minimum absolute atomic E-state index is 0.291. The van der Waals surface area contributed by atoms with E-state index in [1.54, 1.807) is 0 Å². The molecule has 0 aliphatic carbocycles. The zero-order chi connectivity index (χ0) is 7.82. The van der Waals surface area contributed by atoms with Crippen molar-refractivity contribution in [2.24, 2.45) is 0 Å². The third kappa shape index (κ3) is 5.92. The molecule has 0 aromatic rings. The van der Waals surface area contributed by atoms with Gasteiger partial charge in [0.2, 0.25) is 0 Å². The summed E-state index contributed by atoms with van der Waals surface area (Å²) in [4.78, 5) is 10.4. The fourth-order valence-corrected chi connectivity index (χ4v) is 0.632. The van der Waals surface area contributed by atoms with Gasteiger partial charge in [0.25, 0.3) is 0 Å². The third-order valence-electron chi connectivity index (χ3n) is 0.556.